The Labute approximate surface area is 137 Å². The van der Waals surface area contributed by atoms with Crippen molar-refractivity contribution in [1.82, 2.24) is 15.0 Å². The van der Waals surface area contributed by atoms with Crippen LogP contribution in [0.5, 0.6) is 0 Å². The maximum atomic E-state index is 7.40. The summed E-state index contributed by atoms with van der Waals surface area (Å²) < 4.78 is 0. The van der Waals surface area contributed by atoms with Gasteiger partial charge in [0.2, 0.25) is 0 Å². The van der Waals surface area contributed by atoms with Gasteiger partial charge in [0.1, 0.15) is 16.7 Å². The fourth-order valence-corrected chi connectivity index (χ4v) is 3.48. The Kier molecular flexibility index (Phi) is 3.42. The second-order valence-corrected chi connectivity index (χ2v) is 6.81. The third-order valence-electron chi connectivity index (χ3n) is 3.90. The molecule has 0 aliphatic heterocycles. The molecule has 116 valence electrons. The molecule has 6 nitrogen and oxygen atoms in total. The van der Waals surface area contributed by atoms with E-state index in [1.165, 1.54) is 19.1 Å². The number of aromatic nitrogens is 3. The highest BCUT2D eigenvalue weighted by Crippen LogP contribution is 2.35. The molecule has 1 aliphatic carbocycles. The molecule has 0 bridgehead atoms. The Balaban J connectivity index is 1.67. The number of benzene rings is 1. The summed E-state index contributed by atoms with van der Waals surface area (Å²) >= 11 is 1.64. The summed E-state index contributed by atoms with van der Waals surface area (Å²) in [6, 6.07) is 5.47. The first kappa shape index (κ1) is 14.1. The maximum absolute atomic E-state index is 7.40. The molecule has 1 aromatic carbocycles. The van der Waals surface area contributed by atoms with Crippen molar-refractivity contribution >= 4 is 45.1 Å². The number of hydrogen-bond acceptors (Lipinski definition) is 7. The number of nitrogens with zero attached hydrogens (tertiary/aromatic N) is 3. The SMILES string of the molecule is N=Cc1cc(Nc2ncnc3sc(CC4CC4)nc23)ccc1N. The zero-order chi connectivity index (χ0) is 15.8. The Morgan fingerprint density at radius 1 is 1.35 bits per heavy atom. The number of nitrogen functional groups attached to an aromatic ring is 1. The van der Waals surface area contributed by atoms with E-state index in [-0.39, 0.29) is 0 Å². The van der Waals surface area contributed by atoms with E-state index < -0.39 is 0 Å². The summed E-state index contributed by atoms with van der Waals surface area (Å²) in [5.41, 5.74) is 8.72. The highest BCUT2D eigenvalue weighted by Gasteiger charge is 2.23. The van der Waals surface area contributed by atoms with Crippen molar-refractivity contribution in [2.75, 3.05) is 11.1 Å². The molecule has 1 saturated carbocycles. The van der Waals surface area contributed by atoms with Crippen LogP contribution in [0.25, 0.3) is 10.3 Å². The van der Waals surface area contributed by atoms with Crippen LogP contribution in [0.2, 0.25) is 0 Å². The van der Waals surface area contributed by atoms with Gasteiger partial charge in [-0.05, 0) is 37.0 Å². The third-order valence-corrected chi connectivity index (χ3v) is 4.89. The second kappa shape index (κ2) is 5.58. The van der Waals surface area contributed by atoms with Crippen molar-refractivity contribution in [1.29, 1.82) is 5.41 Å². The highest BCUT2D eigenvalue weighted by molar-refractivity contribution is 7.18. The van der Waals surface area contributed by atoms with Crippen molar-refractivity contribution in [3.8, 4) is 0 Å². The minimum absolute atomic E-state index is 0.582. The number of fused-ring (bicyclic) bond motifs is 1. The van der Waals surface area contributed by atoms with Crippen LogP contribution in [0.15, 0.2) is 24.5 Å². The van der Waals surface area contributed by atoms with Gasteiger partial charge in [-0.3, -0.25) is 0 Å². The summed E-state index contributed by atoms with van der Waals surface area (Å²) in [5.74, 6) is 1.49. The Morgan fingerprint density at radius 3 is 3.00 bits per heavy atom. The lowest BCUT2D eigenvalue weighted by atomic mass is 10.1. The molecule has 4 N–H and O–H groups in total. The number of nitrogens with two attached hydrogens (primary N) is 1. The lowest BCUT2D eigenvalue weighted by Gasteiger charge is -2.07. The second-order valence-electron chi connectivity index (χ2n) is 5.74. The lowest BCUT2D eigenvalue weighted by molar-refractivity contribution is 0.826. The largest absolute Gasteiger partial charge is 0.398 e. The Hall–Kier alpha value is -2.54. The molecular weight excluding hydrogens is 308 g/mol. The number of nitrogens with one attached hydrogen (secondary N) is 2. The number of anilines is 3. The minimum atomic E-state index is 0.582. The van der Waals surface area contributed by atoms with Gasteiger partial charge < -0.3 is 16.5 Å². The van der Waals surface area contributed by atoms with Gasteiger partial charge in [0.25, 0.3) is 0 Å². The van der Waals surface area contributed by atoms with Crippen LogP contribution in [-0.4, -0.2) is 21.2 Å². The van der Waals surface area contributed by atoms with E-state index in [1.807, 2.05) is 12.1 Å². The molecule has 2 aromatic heterocycles. The minimum Gasteiger partial charge on any atom is -0.398 e. The summed E-state index contributed by atoms with van der Waals surface area (Å²) in [7, 11) is 0. The molecule has 0 unspecified atom stereocenters. The summed E-state index contributed by atoms with van der Waals surface area (Å²) in [6.07, 6.45) is 6.46. The lowest BCUT2D eigenvalue weighted by Crippen LogP contribution is -1.98. The van der Waals surface area contributed by atoms with Gasteiger partial charge in [0.15, 0.2) is 5.82 Å². The molecule has 1 fully saturated rings. The van der Waals surface area contributed by atoms with Crippen LogP contribution < -0.4 is 11.1 Å². The van der Waals surface area contributed by atoms with Crippen molar-refractivity contribution in [3.63, 3.8) is 0 Å². The van der Waals surface area contributed by atoms with E-state index in [2.05, 4.69) is 15.3 Å². The van der Waals surface area contributed by atoms with Gasteiger partial charge in [-0.1, -0.05) is 11.3 Å². The molecule has 0 radical (unpaired) electrons. The van der Waals surface area contributed by atoms with E-state index in [0.717, 1.165) is 33.4 Å². The fraction of sp³-hybridized carbons (Fsp3) is 0.250. The average Bonchev–Trinajstić information content (AvgIpc) is 3.26. The van der Waals surface area contributed by atoms with Crippen molar-refractivity contribution in [2.24, 2.45) is 5.92 Å². The molecule has 7 heteroatoms. The van der Waals surface area contributed by atoms with Crippen LogP contribution >= 0.6 is 11.3 Å². The Morgan fingerprint density at radius 2 is 2.22 bits per heavy atom. The molecule has 23 heavy (non-hydrogen) atoms. The van der Waals surface area contributed by atoms with Crippen molar-refractivity contribution < 1.29 is 0 Å². The quantitative estimate of drug-likeness (QED) is 0.493. The number of rotatable bonds is 5. The predicted octanol–water partition coefficient (Wildman–Crippen LogP) is 3.36. The first-order chi connectivity index (χ1) is 11.2. The molecule has 2 heterocycles. The third kappa shape index (κ3) is 2.87. The molecule has 1 aliphatic rings. The summed E-state index contributed by atoms with van der Waals surface area (Å²) in [5, 5.41) is 11.8. The predicted molar refractivity (Wildman–Crippen MR) is 93.7 cm³/mol. The smallest absolute Gasteiger partial charge is 0.161 e. The molecule has 0 atom stereocenters. The van der Waals surface area contributed by atoms with Gasteiger partial charge in [0, 0.05) is 29.6 Å². The zero-order valence-corrected chi connectivity index (χ0v) is 13.2. The first-order valence-electron chi connectivity index (χ1n) is 7.50. The summed E-state index contributed by atoms with van der Waals surface area (Å²) in [4.78, 5) is 14.3. The van der Waals surface area contributed by atoms with Gasteiger partial charge in [-0.2, -0.15) is 0 Å². The Bertz CT molecular complexity index is 883. The monoisotopic (exact) mass is 324 g/mol. The van der Waals surface area contributed by atoms with Crippen LogP contribution in [0, 0.1) is 11.3 Å². The van der Waals surface area contributed by atoms with Crippen molar-refractivity contribution in [3.05, 3.63) is 35.1 Å². The molecule has 0 amide bonds. The fourth-order valence-electron chi connectivity index (χ4n) is 2.46. The van der Waals surface area contributed by atoms with Crippen LogP contribution in [0.3, 0.4) is 0 Å². The van der Waals surface area contributed by atoms with Gasteiger partial charge in [0.05, 0.1) is 5.01 Å². The van der Waals surface area contributed by atoms with E-state index in [4.69, 9.17) is 16.1 Å². The van der Waals surface area contributed by atoms with Crippen LogP contribution in [0.4, 0.5) is 17.2 Å². The molecule has 0 spiro atoms. The zero-order valence-electron chi connectivity index (χ0n) is 12.4. The molecule has 3 aromatic rings. The maximum Gasteiger partial charge on any atom is 0.161 e. The van der Waals surface area contributed by atoms with E-state index in [1.54, 1.807) is 23.7 Å². The molecule has 0 saturated heterocycles. The standard InChI is InChI=1S/C16H16N6S/c17-7-10-6-11(3-4-12(10)18)21-15-14-16(20-8-19-15)23-13(22-14)5-9-1-2-9/h3-4,6-9,17H,1-2,5,18H2,(H,19,20,21). The van der Waals surface area contributed by atoms with Crippen LogP contribution in [0.1, 0.15) is 23.4 Å². The number of hydrogen-bond donors (Lipinski definition) is 3. The van der Waals surface area contributed by atoms with Gasteiger partial charge in [-0.15, -0.1) is 0 Å². The summed E-state index contributed by atoms with van der Waals surface area (Å²) in [6.45, 7) is 0. The molecule has 4 rings (SSSR count). The average molecular weight is 324 g/mol. The van der Waals surface area contributed by atoms with E-state index >= 15 is 0 Å². The highest BCUT2D eigenvalue weighted by atomic mass is 32.1. The number of thiazole rings is 1. The van der Waals surface area contributed by atoms with E-state index in [0.29, 0.717) is 17.1 Å². The van der Waals surface area contributed by atoms with Crippen molar-refractivity contribution in [2.45, 2.75) is 19.3 Å². The first-order valence-corrected chi connectivity index (χ1v) is 8.32. The topological polar surface area (TPSA) is 101 Å². The van der Waals surface area contributed by atoms with Gasteiger partial charge in [-0.25, -0.2) is 15.0 Å². The molecular formula is C16H16N6S. The van der Waals surface area contributed by atoms with E-state index in [9.17, 15) is 0 Å². The van der Waals surface area contributed by atoms with Gasteiger partial charge >= 0.3 is 0 Å². The normalized spacial score (nSPS) is 14.1. The van der Waals surface area contributed by atoms with Crippen LogP contribution in [-0.2, 0) is 6.42 Å².